The molecule has 4 rings (SSSR count). The number of aliphatic hydroxyl groups excluding tert-OH is 1. The molecule has 3 aromatic carbocycles. The predicted molar refractivity (Wildman–Crippen MR) is 181 cm³/mol. The number of benzene rings is 3. The third-order valence-corrected chi connectivity index (χ3v) is 8.76. The lowest BCUT2D eigenvalue weighted by Gasteiger charge is -2.29. The molecule has 0 aromatic heterocycles. The fourth-order valence-electron chi connectivity index (χ4n) is 5.99. The number of aliphatic hydroxyl groups is 1. The van der Waals surface area contributed by atoms with Crippen molar-refractivity contribution in [2.45, 2.75) is 83.8 Å². The fraction of sp³-hybridized carbons (Fsp3) is 0.486. The maximum absolute atomic E-state index is 13.6. The number of hydrogen-bond donors (Lipinski definition) is 4. The lowest BCUT2D eigenvalue weighted by atomic mass is 10.00. The third kappa shape index (κ3) is 10.1. The van der Waals surface area contributed by atoms with Crippen molar-refractivity contribution in [1.82, 2.24) is 20.9 Å². The van der Waals surface area contributed by atoms with E-state index in [1.54, 1.807) is 4.90 Å². The molecule has 0 saturated carbocycles. The number of hydrogen-bond acceptors (Lipinski definition) is 6. The van der Waals surface area contributed by atoms with Crippen LogP contribution in [-0.4, -0.2) is 78.2 Å². The van der Waals surface area contributed by atoms with E-state index in [1.807, 2.05) is 93.6 Å². The smallest absolute Gasteiger partial charge is 0.243 e. The van der Waals surface area contributed by atoms with Crippen LogP contribution in [0.3, 0.4) is 0 Å². The van der Waals surface area contributed by atoms with Crippen LogP contribution in [0, 0.1) is 5.92 Å². The van der Waals surface area contributed by atoms with Gasteiger partial charge in [-0.05, 0) is 54.5 Å². The summed E-state index contributed by atoms with van der Waals surface area (Å²) in [6, 6.07) is 22.5. The monoisotopic (exact) mass is 630 g/mol. The van der Waals surface area contributed by atoms with Crippen molar-refractivity contribution in [2.24, 2.45) is 5.92 Å². The molecule has 4 N–H and O–H groups in total. The van der Waals surface area contributed by atoms with Crippen LogP contribution in [-0.2, 0) is 32.1 Å². The molecule has 248 valence electrons. The van der Waals surface area contributed by atoms with Crippen LogP contribution in [0.5, 0.6) is 0 Å². The Balaban J connectivity index is 1.34. The summed E-state index contributed by atoms with van der Waals surface area (Å²) >= 11 is 0. The van der Waals surface area contributed by atoms with Crippen LogP contribution in [0.1, 0.15) is 57.6 Å². The van der Waals surface area contributed by atoms with E-state index in [9.17, 15) is 19.5 Å². The number of ether oxygens (including phenoxy) is 1. The maximum atomic E-state index is 13.6. The van der Waals surface area contributed by atoms with Gasteiger partial charge < -0.3 is 30.7 Å². The van der Waals surface area contributed by atoms with E-state index in [0.29, 0.717) is 26.1 Å². The topological polar surface area (TPSA) is 120 Å². The summed E-state index contributed by atoms with van der Waals surface area (Å²) in [5.41, 5.74) is 2.00. The molecule has 46 heavy (non-hydrogen) atoms. The van der Waals surface area contributed by atoms with Crippen molar-refractivity contribution in [1.29, 1.82) is 0 Å². The molecular formula is C37H50N4O5. The van der Waals surface area contributed by atoms with E-state index in [-0.39, 0.29) is 49.3 Å². The standard InChI is InChI=1S/C37H50N4O5/c1-4-29(5-2)37(45)41-19-11-16-34(41)36(44)40-33(21-28-17-18-30-14-9-10-15-31(30)20-28)35(43)39-24-32(42)23-38-22-26(3)46-25-27-12-7-6-8-13-27/h6-10,12-15,17-18,20,26,29,32-34,38,42H,4-5,11,16,19,21-25H2,1-3H3,(H,39,43)(H,40,44)/t26-,32?,33-,34+/m1/s1. The molecule has 0 spiro atoms. The molecule has 1 heterocycles. The second-order valence-corrected chi connectivity index (χ2v) is 12.3. The molecule has 3 aromatic rings. The van der Waals surface area contributed by atoms with E-state index in [0.717, 1.165) is 41.2 Å². The zero-order valence-electron chi connectivity index (χ0n) is 27.4. The van der Waals surface area contributed by atoms with Gasteiger partial charge in [0.2, 0.25) is 17.7 Å². The minimum absolute atomic E-state index is 0.00795. The molecule has 1 fully saturated rings. The highest BCUT2D eigenvalue weighted by Gasteiger charge is 2.37. The van der Waals surface area contributed by atoms with Crippen molar-refractivity contribution < 1.29 is 24.2 Å². The normalized spacial score (nSPS) is 16.7. The minimum atomic E-state index is -0.870. The molecule has 9 heteroatoms. The summed E-state index contributed by atoms with van der Waals surface area (Å²) in [5, 5.41) is 21.7. The highest BCUT2D eigenvalue weighted by Crippen LogP contribution is 2.23. The number of carbonyl (C=O) groups excluding carboxylic acids is 3. The van der Waals surface area contributed by atoms with Gasteiger partial charge in [0.25, 0.3) is 0 Å². The second kappa shape index (κ2) is 17.8. The molecule has 3 amide bonds. The van der Waals surface area contributed by atoms with Crippen molar-refractivity contribution in [2.75, 3.05) is 26.2 Å². The highest BCUT2D eigenvalue weighted by molar-refractivity contribution is 5.93. The fourth-order valence-corrected chi connectivity index (χ4v) is 5.99. The van der Waals surface area contributed by atoms with Crippen LogP contribution in [0.25, 0.3) is 10.8 Å². The molecular weight excluding hydrogens is 580 g/mol. The molecule has 0 radical (unpaired) electrons. The molecule has 0 bridgehead atoms. The number of carbonyl (C=O) groups is 3. The Kier molecular flexibility index (Phi) is 13.6. The first-order valence-electron chi connectivity index (χ1n) is 16.7. The van der Waals surface area contributed by atoms with Gasteiger partial charge in [-0.25, -0.2) is 0 Å². The first-order valence-corrected chi connectivity index (χ1v) is 16.7. The Hall–Kier alpha value is -3.79. The van der Waals surface area contributed by atoms with Gasteiger partial charge in [-0.15, -0.1) is 0 Å². The van der Waals surface area contributed by atoms with Crippen molar-refractivity contribution in [3.05, 3.63) is 83.9 Å². The Bertz CT molecular complexity index is 1410. The second-order valence-electron chi connectivity index (χ2n) is 12.3. The largest absolute Gasteiger partial charge is 0.390 e. The Morgan fingerprint density at radius 2 is 1.63 bits per heavy atom. The summed E-state index contributed by atoms with van der Waals surface area (Å²) < 4.78 is 5.87. The highest BCUT2D eigenvalue weighted by atomic mass is 16.5. The van der Waals surface area contributed by atoms with Crippen molar-refractivity contribution in [3.63, 3.8) is 0 Å². The van der Waals surface area contributed by atoms with Gasteiger partial charge in [-0.2, -0.15) is 0 Å². The van der Waals surface area contributed by atoms with Gasteiger partial charge in [0, 0.05) is 38.5 Å². The van der Waals surface area contributed by atoms with Gasteiger partial charge in [0.1, 0.15) is 12.1 Å². The van der Waals surface area contributed by atoms with Crippen LogP contribution in [0.2, 0.25) is 0 Å². The SMILES string of the molecule is CCC(CC)C(=O)N1CCC[C@H]1C(=O)N[C@H](Cc1ccc2ccccc2c1)C(=O)NCC(O)CNC[C@@H](C)OCc1ccccc1. The van der Waals surface area contributed by atoms with Crippen molar-refractivity contribution >= 4 is 28.5 Å². The first kappa shape index (κ1) is 35.1. The third-order valence-electron chi connectivity index (χ3n) is 8.76. The number of fused-ring (bicyclic) bond motifs is 1. The van der Waals surface area contributed by atoms with Crippen LogP contribution in [0.4, 0.5) is 0 Å². The number of rotatable bonds is 17. The lowest BCUT2D eigenvalue weighted by Crippen LogP contribution is -2.55. The van der Waals surface area contributed by atoms with Crippen LogP contribution < -0.4 is 16.0 Å². The van der Waals surface area contributed by atoms with Gasteiger partial charge in [-0.3, -0.25) is 14.4 Å². The first-order chi connectivity index (χ1) is 22.3. The van der Waals surface area contributed by atoms with Crippen LogP contribution >= 0.6 is 0 Å². The summed E-state index contributed by atoms with van der Waals surface area (Å²) in [6.07, 6.45) is 2.16. The summed E-state index contributed by atoms with van der Waals surface area (Å²) in [6.45, 7) is 7.85. The van der Waals surface area contributed by atoms with E-state index >= 15 is 0 Å². The maximum Gasteiger partial charge on any atom is 0.243 e. The molecule has 1 unspecified atom stereocenters. The number of amides is 3. The number of nitrogens with one attached hydrogen (secondary N) is 3. The van der Waals surface area contributed by atoms with Gasteiger partial charge in [-0.1, -0.05) is 86.6 Å². The Labute approximate surface area is 273 Å². The molecule has 0 aliphatic carbocycles. The minimum Gasteiger partial charge on any atom is -0.390 e. The summed E-state index contributed by atoms with van der Waals surface area (Å²) in [4.78, 5) is 42.0. The van der Waals surface area contributed by atoms with Gasteiger partial charge in [0.05, 0.1) is 18.8 Å². The molecule has 1 aliphatic heterocycles. The number of nitrogens with zero attached hydrogens (tertiary/aromatic N) is 1. The van der Waals surface area contributed by atoms with E-state index in [1.165, 1.54) is 0 Å². The van der Waals surface area contributed by atoms with Crippen molar-refractivity contribution in [3.8, 4) is 0 Å². The average Bonchev–Trinajstić information content (AvgIpc) is 3.57. The Morgan fingerprint density at radius 3 is 2.37 bits per heavy atom. The summed E-state index contributed by atoms with van der Waals surface area (Å²) in [5.74, 6) is -0.798. The molecule has 4 atom stereocenters. The van der Waals surface area contributed by atoms with E-state index in [4.69, 9.17) is 4.74 Å². The zero-order chi connectivity index (χ0) is 32.9. The predicted octanol–water partition coefficient (Wildman–Crippen LogP) is 3.97. The van der Waals surface area contributed by atoms with Crippen LogP contribution in [0.15, 0.2) is 72.8 Å². The van der Waals surface area contributed by atoms with Gasteiger partial charge in [0.15, 0.2) is 0 Å². The lowest BCUT2D eigenvalue weighted by molar-refractivity contribution is -0.142. The summed E-state index contributed by atoms with van der Waals surface area (Å²) in [7, 11) is 0. The Morgan fingerprint density at radius 1 is 0.913 bits per heavy atom. The average molecular weight is 631 g/mol. The quantitative estimate of drug-likeness (QED) is 0.179. The van der Waals surface area contributed by atoms with Gasteiger partial charge >= 0.3 is 0 Å². The molecule has 1 saturated heterocycles. The molecule has 9 nitrogen and oxygen atoms in total. The number of likely N-dealkylation sites (tertiary alicyclic amines) is 1. The zero-order valence-corrected chi connectivity index (χ0v) is 27.4. The van der Waals surface area contributed by atoms with E-state index in [2.05, 4.69) is 16.0 Å². The molecule has 1 aliphatic rings. The van der Waals surface area contributed by atoms with E-state index < -0.39 is 18.2 Å².